The highest BCUT2D eigenvalue weighted by molar-refractivity contribution is 7.15. The lowest BCUT2D eigenvalue weighted by Gasteiger charge is -2.31. The zero-order valence-electron chi connectivity index (χ0n) is 13.7. The van der Waals surface area contributed by atoms with Gasteiger partial charge in [-0.2, -0.15) is 0 Å². The van der Waals surface area contributed by atoms with Gasteiger partial charge in [-0.3, -0.25) is 14.5 Å². The molecule has 1 unspecified atom stereocenters. The SMILES string of the molecule is C=CCNC(=O)C1CCCN(CC(=O)Nc2nc(C)c(C)s2)C1. The summed E-state index contributed by atoms with van der Waals surface area (Å²) in [6.07, 6.45) is 3.46. The number of hydrogen-bond acceptors (Lipinski definition) is 5. The minimum Gasteiger partial charge on any atom is -0.352 e. The Balaban J connectivity index is 1.83. The van der Waals surface area contributed by atoms with Crippen LogP contribution in [0, 0.1) is 19.8 Å². The first-order chi connectivity index (χ1) is 11.0. The molecule has 1 aliphatic rings. The molecule has 0 aliphatic carbocycles. The van der Waals surface area contributed by atoms with E-state index in [2.05, 4.69) is 22.2 Å². The van der Waals surface area contributed by atoms with Crippen LogP contribution < -0.4 is 10.6 Å². The summed E-state index contributed by atoms with van der Waals surface area (Å²) in [6.45, 7) is 9.75. The maximum Gasteiger partial charge on any atom is 0.240 e. The van der Waals surface area contributed by atoms with Crippen molar-refractivity contribution in [3.63, 3.8) is 0 Å². The number of carbonyl (C=O) groups excluding carboxylic acids is 2. The van der Waals surface area contributed by atoms with Crippen LogP contribution in [0.2, 0.25) is 0 Å². The van der Waals surface area contributed by atoms with E-state index in [0.717, 1.165) is 30.0 Å². The number of rotatable bonds is 6. The molecule has 1 saturated heterocycles. The maximum absolute atomic E-state index is 12.1. The average molecular weight is 336 g/mol. The highest BCUT2D eigenvalue weighted by atomic mass is 32.1. The quantitative estimate of drug-likeness (QED) is 0.776. The number of aromatic nitrogens is 1. The number of hydrogen-bond donors (Lipinski definition) is 2. The van der Waals surface area contributed by atoms with E-state index in [0.29, 0.717) is 24.8 Å². The summed E-state index contributed by atoms with van der Waals surface area (Å²) in [7, 11) is 0. The molecule has 0 spiro atoms. The smallest absolute Gasteiger partial charge is 0.240 e. The Labute approximate surface area is 141 Å². The zero-order valence-corrected chi connectivity index (χ0v) is 14.5. The number of thiazole rings is 1. The average Bonchev–Trinajstić information content (AvgIpc) is 2.82. The van der Waals surface area contributed by atoms with E-state index in [9.17, 15) is 9.59 Å². The molecule has 2 N–H and O–H groups in total. The molecule has 1 fully saturated rings. The molecule has 0 bridgehead atoms. The molecule has 1 aliphatic heterocycles. The number of aryl methyl sites for hydroxylation is 2. The monoisotopic (exact) mass is 336 g/mol. The lowest BCUT2D eigenvalue weighted by Crippen LogP contribution is -2.45. The van der Waals surface area contributed by atoms with Gasteiger partial charge in [0.2, 0.25) is 11.8 Å². The van der Waals surface area contributed by atoms with Crippen LogP contribution >= 0.6 is 11.3 Å². The fourth-order valence-corrected chi connectivity index (χ4v) is 3.45. The number of likely N-dealkylation sites (tertiary alicyclic amines) is 1. The number of anilines is 1. The topological polar surface area (TPSA) is 74.3 Å². The third kappa shape index (κ3) is 5.14. The van der Waals surface area contributed by atoms with Crippen LogP contribution in [0.1, 0.15) is 23.4 Å². The van der Waals surface area contributed by atoms with E-state index < -0.39 is 0 Å². The fourth-order valence-electron chi connectivity index (χ4n) is 2.62. The molecule has 6 nitrogen and oxygen atoms in total. The van der Waals surface area contributed by atoms with Crippen molar-refractivity contribution in [3.8, 4) is 0 Å². The molecule has 7 heteroatoms. The third-order valence-electron chi connectivity index (χ3n) is 3.94. The van der Waals surface area contributed by atoms with Crippen LogP contribution in [-0.4, -0.2) is 47.9 Å². The van der Waals surface area contributed by atoms with E-state index in [-0.39, 0.29) is 17.7 Å². The van der Waals surface area contributed by atoms with E-state index in [1.165, 1.54) is 11.3 Å². The summed E-state index contributed by atoms with van der Waals surface area (Å²) in [5, 5.41) is 6.32. The van der Waals surface area contributed by atoms with Crippen LogP contribution in [-0.2, 0) is 9.59 Å². The number of nitrogens with one attached hydrogen (secondary N) is 2. The Morgan fingerprint density at radius 3 is 2.91 bits per heavy atom. The predicted octanol–water partition coefficient (Wildman–Crippen LogP) is 1.71. The van der Waals surface area contributed by atoms with Crippen LogP contribution in [0.3, 0.4) is 0 Å². The van der Waals surface area contributed by atoms with Crippen LogP contribution in [0.15, 0.2) is 12.7 Å². The summed E-state index contributed by atoms with van der Waals surface area (Å²) in [5.74, 6) is -0.0899. The summed E-state index contributed by atoms with van der Waals surface area (Å²) in [4.78, 5) is 31.6. The molecule has 0 radical (unpaired) electrons. The number of nitrogens with zero attached hydrogens (tertiary/aromatic N) is 2. The van der Waals surface area contributed by atoms with Gasteiger partial charge in [0.1, 0.15) is 0 Å². The van der Waals surface area contributed by atoms with Crippen molar-refractivity contribution in [1.29, 1.82) is 0 Å². The van der Waals surface area contributed by atoms with Crippen LogP contribution in [0.5, 0.6) is 0 Å². The lowest BCUT2D eigenvalue weighted by molar-refractivity contribution is -0.127. The second-order valence-corrected chi connectivity index (χ2v) is 7.02. The molecule has 0 aromatic carbocycles. The van der Waals surface area contributed by atoms with Crippen molar-refractivity contribution in [1.82, 2.24) is 15.2 Å². The zero-order chi connectivity index (χ0) is 16.8. The van der Waals surface area contributed by atoms with Crippen molar-refractivity contribution >= 4 is 28.3 Å². The molecule has 2 rings (SSSR count). The van der Waals surface area contributed by atoms with Gasteiger partial charge < -0.3 is 10.6 Å². The molecule has 0 saturated carbocycles. The van der Waals surface area contributed by atoms with Crippen LogP contribution in [0.4, 0.5) is 5.13 Å². The molecule has 23 heavy (non-hydrogen) atoms. The predicted molar refractivity (Wildman–Crippen MR) is 92.6 cm³/mol. The Kier molecular flexibility index (Phi) is 6.29. The third-order valence-corrected chi connectivity index (χ3v) is 4.93. The number of piperidine rings is 1. The second kappa shape index (κ2) is 8.21. The van der Waals surface area contributed by atoms with Gasteiger partial charge in [0.05, 0.1) is 18.2 Å². The van der Waals surface area contributed by atoms with Crippen molar-refractivity contribution < 1.29 is 9.59 Å². The molecule has 2 heterocycles. The fraction of sp³-hybridized carbons (Fsp3) is 0.562. The molecule has 1 aromatic rings. The minimum absolute atomic E-state index is 0.0428. The van der Waals surface area contributed by atoms with E-state index in [4.69, 9.17) is 0 Å². The van der Waals surface area contributed by atoms with Gasteiger partial charge in [-0.15, -0.1) is 17.9 Å². The van der Waals surface area contributed by atoms with E-state index >= 15 is 0 Å². The first-order valence-corrected chi connectivity index (χ1v) is 8.66. The number of carbonyl (C=O) groups is 2. The Hall–Kier alpha value is -1.73. The van der Waals surface area contributed by atoms with E-state index in [1.54, 1.807) is 6.08 Å². The second-order valence-electron chi connectivity index (χ2n) is 5.82. The molecular weight excluding hydrogens is 312 g/mol. The van der Waals surface area contributed by atoms with E-state index in [1.807, 2.05) is 18.7 Å². The minimum atomic E-state index is -0.0779. The maximum atomic E-state index is 12.1. The summed E-state index contributed by atoms with van der Waals surface area (Å²) < 4.78 is 0. The number of amides is 2. The highest BCUT2D eigenvalue weighted by Crippen LogP contribution is 2.21. The normalized spacial score (nSPS) is 18.4. The first kappa shape index (κ1) is 17.6. The van der Waals surface area contributed by atoms with Gasteiger partial charge in [-0.1, -0.05) is 6.08 Å². The van der Waals surface area contributed by atoms with Gasteiger partial charge in [-0.05, 0) is 33.2 Å². The lowest BCUT2D eigenvalue weighted by atomic mass is 9.97. The van der Waals surface area contributed by atoms with Gasteiger partial charge in [-0.25, -0.2) is 4.98 Å². The first-order valence-electron chi connectivity index (χ1n) is 7.84. The molecule has 126 valence electrons. The summed E-state index contributed by atoms with van der Waals surface area (Å²) >= 11 is 1.48. The van der Waals surface area contributed by atoms with Crippen LogP contribution in [0.25, 0.3) is 0 Å². The Morgan fingerprint density at radius 2 is 2.26 bits per heavy atom. The Morgan fingerprint density at radius 1 is 1.48 bits per heavy atom. The van der Waals surface area contributed by atoms with Gasteiger partial charge in [0, 0.05) is 18.0 Å². The van der Waals surface area contributed by atoms with Crippen molar-refractivity contribution in [2.75, 3.05) is 31.5 Å². The van der Waals surface area contributed by atoms with Crippen molar-refractivity contribution in [3.05, 3.63) is 23.2 Å². The molecule has 1 atom stereocenters. The summed E-state index contributed by atoms with van der Waals surface area (Å²) in [6, 6.07) is 0. The molecule has 2 amide bonds. The standard InChI is InChI=1S/C16H24N4O2S/c1-4-7-17-15(22)13-6-5-8-20(9-13)10-14(21)19-16-18-11(2)12(3)23-16/h4,13H,1,5-10H2,2-3H3,(H,17,22)(H,18,19,21). The Bertz CT molecular complexity index is 565. The molecular formula is C16H24N4O2S. The largest absolute Gasteiger partial charge is 0.352 e. The van der Waals surface area contributed by atoms with Crippen molar-refractivity contribution in [2.45, 2.75) is 26.7 Å². The van der Waals surface area contributed by atoms with Gasteiger partial charge >= 0.3 is 0 Å². The highest BCUT2D eigenvalue weighted by Gasteiger charge is 2.26. The van der Waals surface area contributed by atoms with Gasteiger partial charge in [0.15, 0.2) is 5.13 Å². The molecule has 1 aromatic heterocycles. The summed E-state index contributed by atoms with van der Waals surface area (Å²) in [5.41, 5.74) is 0.947. The van der Waals surface area contributed by atoms with Gasteiger partial charge in [0.25, 0.3) is 0 Å². The van der Waals surface area contributed by atoms with Crippen molar-refractivity contribution in [2.24, 2.45) is 5.92 Å².